The van der Waals surface area contributed by atoms with Crippen molar-refractivity contribution in [2.24, 2.45) is 0 Å². The van der Waals surface area contributed by atoms with Gasteiger partial charge in [0.05, 0.1) is 35.1 Å². The number of carbonyl (C=O) groups is 1. The van der Waals surface area contributed by atoms with E-state index in [1.54, 1.807) is 37.3 Å². The first-order chi connectivity index (χ1) is 16.4. The summed E-state index contributed by atoms with van der Waals surface area (Å²) in [5.74, 6) is -0.518. The fourth-order valence-electron chi connectivity index (χ4n) is 4.26. The quantitative estimate of drug-likeness (QED) is 0.481. The highest BCUT2D eigenvalue weighted by atomic mass is 32.1. The molecule has 180 valence electrons. The van der Waals surface area contributed by atoms with E-state index in [1.807, 2.05) is 0 Å². The normalized spacial score (nSPS) is 18.4. The Morgan fingerprint density at radius 3 is 2.56 bits per heavy atom. The van der Waals surface area contributed by atoms with Crippen molar-refractivity contribution in [3.05, 3.63) is 58.5 Å². The van der Waals surface area contributed by atoms with Gasteiger partial charge in [-0.05, 0) is 62.2 Å². The van der Waals surface area contributed by atoms with Crippen molar-refractivity contribution in [2.45, 2.75) is 51.2 Å². The molecule has 1 aliphatic carbocycles. The molecule has 4 rings (SSSR count). The van der Waals surface area contributed by atoms with Crippen LogP contribution in [0.15, 0.2) is 47.3 Å². The summed E-state index contributed by atoms with van der Waals surface area (Å²) >= 11 is 4.98. The van der Waals surface area contributed by atoms with Crippen molar-refractivity contribution < 1.29 is 13.9 Å². The van der Waals surface area contributed by atoms with Gasteiger partial charge < -0.3 is 20.7 Å². The van der Waals surface area contributed by atoms with Crippen LogP contribution < -0.4 is 26.3 Å². The fraction of sp³-hybridized carbons (Fsp3) is 0.400. The number of hydrogen-bond donors (Lipinski definition) is 3. The van der Waals surface area contributed by atoms with Crippen LogP contribution in [-0.2, 0) is 4.74 Å². The highest BCUT2D eigenvalue weighted by Gasteiger charge is 2.32. The maximum absolute atomic E-state index is 14.9. The number of benzene rings is 1. The highest BCUT2D eigenvalue weighted by molar-refractivity contribution is 7.80. The molecule has 0 aromatic heterocycles. The van der Waals surface area contributed by atoms with Crippen LogP contribution in [0, 0.1) is 5.82 Å². The van der Waals surface area contributed by atoms with E-state index in [2.05, 4.69) is 16.0 Å². The van der Waals surface area contributed by atoms with Gasteiger partial charge in [0, 0.05) is 11.7 Å². The molecule has 3 N–H and O–H groups in total. The first-order valence-electron chi connectivity index (χ1n) is 11.6. The molecular formula is C25H29FN4O3S. The van der Waals surface area contributed by atoms with Gasteiger partial charge in [-0.1, -0.05) is 31.5 Å². The largest absolute Gasteiger partial charge is 0.442 e. The Morgan fingerprint density at radius 1 is 1.09 bits per heavy atom. The number of ether oxygens (including phenoxy) is 1. The lowest BCUT2D eigenvalue weighted by Gasteiger charge is -2.23. The van der Waals surface area contributed by atoms with Crippen LogP contribution in [0.4, 0.5) is 31.9 Å². The van der Waals surface area contributed by atoms with Gasteiger partial charge in [0.1, 0.15) is 11.9 Å². The lowest BCUT2D eigenvalue weighted by atomic mass is 9.95. The summed E-state index contributed by atoms with van der Waals surface area (Å²) in [7, 11) is 0. The van der Waals surface area contributed by atoms with E-state index in [-0.39, 0.29) is 17.2 Å². The van der Waals surface area contributed by atoms with E-state index >= 15 is 0 Å². The highest BCUT2D eigenvalue weighted by Crippen LogP contribution is 2.28. The standard InChI is InChI=1S/C25H29FN4O3S/c1-16(34)27-14-20-15-30(25(32)33-20)19-9-11-22(21(26)13-19)28-18-7-10-23(24(31)12-8-18)29-17-5-3-2-4-6-17/h7-13,17,20,28H,2-6,14-15H2,1H3,(H,27,34)(H,29,31)/t20-/m0/s1. The number of thiocarbonyl (C=S) groups is 1. The summed E-state index contributed by atoms with van der Waals surface area (Å²) in [6, 6.07) is 11.4. The Hall–Kier alpha value is -3.20. The van der Waals surface area contributed by atoms with Gasteiger partial charge in [-0.3, -0.25) is 9.69 Å². The number of amides is 1. The first-order valence-corrected chi connectivity index (χ1v) is 12.0. The number of cyclic esters (lactones) is 1. The monoisotopic (exact) mass is 484 g/mol. The molecule has 1 aliphatic heterocycles. The van der Waals surface area contributed by atoms with Crippen LogP contribution in [0.1, 0.15) is 39.0 Å². The van der Waals surface area contributed by atoms with E-state index in [1.165, 1.54) is 36.3 Å². The zero-order valence-electron chi connectivity index (χ0n) is 19.1. The number of halogens is 1. The molecule has 2 aromatic rings. The van der Waals surface area contributed by atoms with Crippen LogP contribution in [-0.4, -0.2) is 36.3 Å². The van der Waals surface area contributed by atoms with Crippen molar-refractivity contribution in [3.8, 4) is 0 Å². The number of anilines is 4. The molecular weight excluding hydrogens is 455 g/mol. The van der Waals surface area contributed by atoms with Gasteiger partial charge in [0.2, 0.25) is 5.43 Å². The van der Waals surface area contributed by atoms with Crippen LogP contribution >= 0.6 is 12.2 Å². The minimum atomic E-state index is -0.523. The Labute approximate surface area is 203 Å². The maximum Gasteiger partial charge on any atom is 0.414 e. The molecule has 2 aliphatic rings. The summed E-state index contributed by atoms with van der Waals surface area (Å²) in [6.07, 6.45) is 4.83. The molecule has 0 unspecified atom stereocenters. The molecule has 2 fully saturated rings. The third-order valence-electron chi connectivity index (χ3n) is 6.07. The summed E-state index contributed by atoms with van der Waals surface area (Å²) in [6.45, 7) is 2.46. The lowest BCUT2D eigenvalue weighted by Crippen LogP contribution is -2.32. The minimum absolute atomic E-state index is 0.102. The van der Waals surface area contributed by atoms with Gasteiger partial charge in [-0.25, -0.2) is 9.18 Å². The number of rotatable bonds is 7. The summed E-state index contributed by atoms with van der Waals surface area (Å²) < 4.78 is 20.2. The van der Waals surface area contributed by atoms with Gasteiger partial charge in [0.25, 0.3) is 0 Å². The van der Waals surface area contributed by atoms with Crippen LogP contribution in [0.2, 0.25) is 0 Å². The molecule has 0 radical (unpaired) electrons. The third-order valence-corrected chi connectivity index (χ3v) is 6.21. The van der Waals surface area contributed by atoms with E-state index in [0.29, 0.717) is 41.2 Å². The molecule has 1 atom stereocenters. The molecule has 1 heterocycles. The fourth-order valence-corrected chi connectivity index (χ4v) is 4.34. The first kappa shape index (κ1) is 23.9. The number of hydrogen-bond acceptors (Lipinski definition) is 6. The average molecular weight is 485 g/mol. The zero-order valence-corrected chi connectivity index (χ0v) is 19.9. The van der Waals surface area contributed by atoms with Crippen molar-refractivity contribution in [1.82, 2.24) is 5.32 Å². The SMILES string of the molecule is CC(=S)NC[C@H]1CN(c2ccc(Nc3ccc(NC4CCCCC4)c(=O)cc3)c(F)c2)C(=O)O1. The zero-order chi connectivity index (χ0) is 24.1. The van der Waals surface area contributed by atoms with Gasteiger partial charge in [0.15, 0.2) is 0 Å². The van der Waals surface area contributed by atoms with Crippen molar-refractivity contribution in [1.29, 1.82) is 0 Å². The van der Waals surface area contributed by atoms with Crippen LogP contribution in [0.25, 0.3) is 0 Å². The van der Waals surface area contributed by atoms with Crippen LogP contribution in [0.3, 0.4) is 0 Å². The molecule has 2 aromatic carbocycles. The van der Waals surface area contributed by atoms with E-state index in [4.69, 9.17) is 17.0 Å². The Balaban J connectivity index is 1.43. The number of carbonyl (C=O) groups excluding carboxylic acids is 1. The number of nitrogens with one attached hydrogen (secondary N) is 3. The molecule has 1 saturated carbocycles. The third kappa shape index (κ3) is 6.02. The molecule has 1 saturated heterocycles. The van der Waals surface area contributed by atoms with Crippen molar-refractivity contribution in [3.63, 3.8) is 0 Å². The second-order valence-electron chi connectivity index (χ2n) is 8.72. The molecule has 0 bridgehead atoms. The molecule has 1 amide bonds. The maximum atomic E-state index is 14.9. The average Bonchev–Trinajstić information content (AvgIpc) is 3.11. The predicted molar refractivity (Wildman–Crippen MR) is 137 cm³/mol. The van der Waals surface area contributed by atoms with E-state index in [0.717, 1.165) is 12.8 Å². The summed E-state index contributed by atoms with van der Waals surface area (Å²) in [5, 5.41) is 9.36. The van der Waals surface area contributed by atoms with Gasteiger partial charge in [-0.2, -0.15) is 0 Å². The van der Waals surface area contributed by atoms with E-state index < -0.39 is 11.9 Å². The van der Waals surface area contributed by atoms with Gasteiger partial charge in [-0.15, -0.1) is 0 Å². The van der Waals surface area contributed by atoms with Crippen molar-refractivity contribution in [2.75, 3.05) is 28.6 Å². The summed E-state index contributed by atoms with van der Waals surface area (Å²) in [4.78, 5) is 26.7. The molecule has 0 spiro atoms. The van der Waals surface area contributed by atoms with Gasteiger partial charge >= 0.3 is 6.09 Å². The van der Waals surface area contributed by atoms with Crippen LogP contribution in [0.5, 0.6) is 0 Å². The Morgan fingerprint density at radius 2 is 1.82 bits per heavy atom. The minimum Gasteiger partial charge on any atom is -0.442 e. The number of nitrogens with zero attached hydrogens (tertiary/aromatic N) is 1. The second kappa shape index (κ2) is 10.8. The summed E-state index contributed by atoms with van der Waals surface area (Å²) in [5.41, 5.74) is 1.69. The van der Waals surface area contributed by atoms with Crippen molar-refractivity contribution >= 4 is 46.0 Å². The van der Waals surface area contributed by atoms with E-state index in [9.17, 15) is 14.0 Å². The Kier molecular flexibility index (Phi) is 7.62. The molecule has 7 nitrogen and oxygen atoms in total. The molecule has 34 heavy (non-hydrogen) atoms. The smallest absolute Gasteiger partial charge is 0.414 e. The molecule has 9 heteroatoms. The second-order valence-corrected chi connectivity index (χ2v) is 9.33. The predicted octanol–water partition coefficient (Wildman–Crippen LogP) is 4.94. The topological polar surface area (TPSA) is 82.7 Å². The Bertz CT molecular complexity index is 1120. The lowest BCUT2D eigenvalue weighted by molar-refractivity contribution is 0.143.